The summed E-state index contributed by atoms with van der Waals surface area (Å²) in [5.74, 6) is 0.942. The Bertz CT molecular complexity index is 440. The molecule has 5 heteroatoms. The average Bonchev–Trinajstić information content (AvgIpc) is 2.13. The van der Waals surface area contributed by atoms with Crippen molar-refractivity contribution in [3.05, 3.63) is 24.3 Å². The van der Waals surface area contributed by atoms with Crippen LogP contribution in [0.2, 0.25) is 0 Å². The maximum Gasteiger partial charge on any atom is 0.160 e. The molecule has 82 valence electrons. The van der Waals surface area contributed by atoms with Crippen LogP contribution in [-0.4, -0.2) is 31.6 Å². The molecule has 2 rings (SSSR count). The Labute approximate surface area is 88.4 Å². The van der Waals surface area contributed by atoms with Crippen LogP contribution in [0.4, 0.5) is 0 Å². The summed E-state index contributed by atoms with van der Waals surface area (Å²) in [7, 11) is -2.79. The largest absolute Gasteiger partial charge is 0.504 e. The zero-order valence-electron chi connectivity index (χ0n) is 8.09. The van der Waals surface area contributed by atoms with Crippen LogP contribution in [0.15, 0.2) is 24.3 Å². The van der Waals surface area contributed by atoms with Crippen molar-refractivity contribution in [1.29, 1.82) is 0 Å². The summed E-state index contributed by atoms with van der Waals surface area (Å²) in [6, 6.07) is 6.65. The number of rotatable bonds is 3. The van der Waals surface area contributed by atoms with Gasteiger partial charge < -0.3 is 9.84 Å². The van der Waals surface area contributed by atoms with E-state index in [1.807, 2.05) is 0 Å². The SMILES string of the molecule is O=S1(=O)CC(COc2ccccc2O)C1. The average molecular weight is 228 g/mol. The van der Waals surface area contributed by atoms with E-state index in [1.165, 1.54) is 6.07 Å². The van der Waals surface area contributed by atoms with Crippen LogP contribution in [-0.2, 0) is 9.84 Å². The van der Waals surface area contributed by atoms with Gasteiger partial charge in [-0.25, -0.2) is 8.42 Å². The van der Waals surface area contributed by atoms with Crippen LogP contribution >= 0.6 is 0 Å². The molecule has 0 unspecified atom stereocenters. The first-order valence-corrected chi connectivity index (χ1v) is 6.50. The number of phenolic OH excluding ortho intramolecular Hbond substituents is 1. The predicted molar refractivity (Wildman–Crippen MR) is 55.7 cm³/mol. The molecular weight excluding hydrogens is 216 g/mol. The molecule has 0 radical (unpaired) electrons. The van der Waals surface area contributed by atoms with Crippen molar-refractivity contribution in [1.82, 2.24) is 0 Å². The van der Waals surface area contributed by atoms with Crippen molar-refractivity contribution < 1.29 is 18.3 Å². The maximum absolute atomic E-state index is 10.9. The Morgan fingerprint density at radius 2 is 2.00 bits per heavy atom. The van der Waals surface area contributed by atoms with Crippen molar-refractivity contribution >= 4 is 9.84 Å². The first-order chi connectivity index (χ1) is 7.07. The lowest BCUT2D eigenvalue weighted by atomic mass is 10.2. The van der Waals surface area contributed by atoms with Gasteiger partial charge in [-0.05, 0) is 12.1 Å². The highest BCUT2D eigenvalue weighted by Gasteiger charge is 2.33. The normalized spacial score (nSPS) is 19.5. The maximum atomic E-state index is 10.9. The Morgan fingerprint density at radius 3 is 2.60 bits per heavy atom. The molecule has 1 aliphatic heterocycles. The van der Waals surface area contributed by atoms with E-state index in [0.29, 0.717) is 12.4 Å². The molecule has 0 amide bonds. The van der Waals surface area contributed by atoms with Crippen LogP contribution in [0.5, 0.6) is 11.5 Å². The third-order valence-corrected chi connectivity index (χ3v) is 4.28. The van der Waals surface area contributed by atoms with Gasteiger partial charge in [0.2, 0.25) is 0 Å². The minimum Gasteiger partial charge on any atom is -0.504 e. The van der Waals surface area contributed by atoms with Crippen LogP contribution in [0.25, 0.3) is 0 Å². The van der Waals surface area contributed by atoms with Gasteiger partial charge in [0.25, 0.3) is 0 Å². The van der Waals surface area contributed by atoms with E-state index in [0.717, 1.165) is 0 Å². The van der Waals surface area contributed by atoms with E-state index < -0.39 is 9.84 Å². The van der Waals surface area contributed by atoms with Gasteiger partial charge in [0.05, 0.1) is 18.1 Å². The quantitative estimate of drug-likeness (QED) is 0.831. The zero-order chi connectivity index (χ0) is 10.9. The molecule has 0 aromatic heterocycles. The van der Waals surface area contributed by atoms with Gasteiger partial charge in [0.15, 0.2) is 21.3 Å². The fourth-order valence-electron chi connectivity index (χ4n) is 1.55. The molecule has 1 fully saturated rings. The van der Waals surface area contributed by atoms with E-state index in [1.54, 1.807) is 18.2 Å². The summed E-state index contributed by atoms with van der Waals surface area (Å²) in [5.41, 5.74) is 0. The Kier molecular flexibility index (Phi) is 2.56. The molecule has 0 saturated carbocycles. The molecule has 0 spiro atoms. The second-order valence-electron chi connectivity index (χ2n) is 3.72. The molecule has 1 aliphatic rings. The summed E-state index contributed by atoms with van der Waals surface area (Å²) in [4.78, 5) is 0. The number of sulfone groups is 1. The van der Waals surface area contributed by atoms with Crippen LogP contribution in [0.1, 0.15) is 0 Å². The summed E-state index contributed by atoms with van der Waals surface area (Å²) < 4.78 is 27.1. The lowest BCUT2D eigenvalue weighted by molar-refractivity contribution is 0.253. The summed E-state index contributed by atoms with van der Waals surface area (Å²) in [5, 5.41) is 9.37. The number of phenols is 1. The van der Waals surface area contributed by atoms with Crippen molar-refractivity contribution in [3.63, 3.8) is 0 Å². The third kappa shape index (κ3) is 2.41. The minimum atomic E-state index is -2.79. The molecule has 0 bridgehead atoms. The molecule has 1 heterocycles. The monoisotopic (exact) mass is 228 g/mol. The molecule has 1 aromatic carbocycles. The third-order valence-electron chi connectivity index (χ3n) is 2.32. The Hall–Kier alpha value is -1.23. The van der Waals surface area contributed by atoms with Gasteiger partial charge in [-0.1, -0.05) is 12.1 Å². The first kappa shape index (κ1) is 10.3. The van der Waals surface area contributed by atoms with E-state index in [9.17, 15) is 13.5 Å². The number of ether oxygens (including phenoxy) is 1. The Morgan fingerprint density at radius 1 is 1.33 bits per heavy atom. The number of para-hydroxylation sites is 2. The molecule has 1 saturated heterocycles. The minimum absolute atomic E-state index is 0.0645. The van der Waals surface area contributed by atoms with E-state index >= 15 is 0 Å². The summed E-state index contributed by atoms with van der Waals surface area (Å²) in [6.45, 7) is 0.344. The van der Waals surface area contributed by atoms with Gasteiger partial charge in [0.1, 0.15) is 0 Å². The van der Waals surface area contributed by atoms with Gasteiger partial charge in [-0.3, -0.25) is 0 Å². The lowest BCUT2D eigenvalue weighted by Gasteiger charge is -2.25. The standard InChI is InChI=1S/C10H12O4S/c11-9-3-1-2-4-10(9)14-5-8-6-15(12,13)7-8/h1-4,8,11H,5-7H2. The topological polar surface area (TPSA) is 63.6 Å². The summed E-state index contributed by atoms with van der Waals surface area (Å²) in [6.07, 6.45) is 0. The van der Waals surface area contributed by atoms with E-state index in [-0.39, 0.29) is 23.2 Å². The lowest BCUT2D eigenvalue weighted by Crippen LogP contribution is -2.39. The molecule has 4 nitrogen and oxygen atoms in total. The summed E-state index contributed by atoms with van der Waals surface area (Å²) >= 11 is 0. The van der Waals surface area contributed by atoms with Gasteiger partial charge in [-0.15, -0.1) is 0 Å². The number of aromatic hydroxyl groups is 1. The fraction of sp³-hybridized carbons (Fsp3) is 0.400. The van der Waals surface area contributed by atoms with Crippen LogP contribution in [0.3, 0.4) is 0 Å². The van der Waals surface area contributed by atoms with Gasteiger partial charge in [0, 0.05) is 5.92 Å². The Balaban J connectivity index is 1.87. The number of benzene rings is 1. The smallest absolute Gasteiger partial charge is 0.160 e. The van der Waals surface area contributed by atoms with E-state index in [2.05, 4.69) is 0 Å². The highest BCUT2D eigenvalue weighted by molar-refractivity contribution is 7.92. The van der Waals surface area contributed by atoms with Gasteiger partial charge in [-0.2, -0.15) is 0 Å². The van der Waals surface area contributed by atoms with E-state index in [4.69, 9.17) is 4.74 Å². The van der Waals surface area contributed by atoms with Crippen LogP contribution < -0.4 is 4.74 Å². The second-order valence-corrected chi connectivity index (χ2v) is 5.88. The van der Waals surface area contributed by atoms with Crippen molar-refractivity contribution in [3.8, 4) is 11.5 Å². The van der Waals surface area contributed by atoms with Gasteiger partial charge >= 0.3 is 0 Å². The van der Waals surface area contributed by atoms with Crippen molar-refractivity contribution in [2.75, 3.05) is 18.1 Å². The highest BCUT2D eigenvalue weighted by Crippen LogP contribution is 2.26. The molecule has 0 atom stereocenters. The molecule has 15 heavy (non-hydrogen) atoms. The molecular formula is C10H12O4S. The first-order valence-electron chi connectivity index (χ1n) is 4.68. The molecule has 1 N–H and O–H groups in total. The van der Waals surface area contributed by atoms with Crippen molar-refractivity contribution in [2.45, 2.75) is 0 Å². The second kappa shape index (κ2) is 3.73. The fourth-order valence-corrected chi connectivity index (χ4v) is 3.08. The van der Waals surface area contributed by atoms with Crippen molar-refractivity contribution in [2.24, 2.45) is 5.92 Å². The van der Waals surface area contributed by atoms with Crippen LogP contribution in [0, 0.1) is 5.92 Å². The highest BCUT2D eigenvalue weighted by atomic mass is 32.2. The predicted octanol–water partition coefficient (Wildman–Crippen LogP) is 0.816. The zero-order valence-corrected chi connectivity index (χ0v) is 8.90. The number of hydrogen-bond donors (Lipinski definition) is 1. The molecule has 1 aromatic rings. The molecule has 0 aliphatic carbocycles. The number of hydrogen-bond acceptors (Lipinski definition) is 4.